The van der Waals surface area contributed by atoms with Gasteiger partial charge in [-0.05, 0) is 55.5 Å². The second kappa shape index (κ2) is 6.93. The van der Waals surface area contributed by atoms with Crippen LogP contribution in [0, 0.1) is 5.92 Å². The molecule has 100 valence electrons. The molecule has 1 atom stereocenters. The lowest BCUT2D eigenvalue weighted by Gasteiger charge is -2.26. The van der Waals surface area contributed by atoms with Gasteiger partial charge in [0.15, 0.2) is 0 Å². The summed E-state index contributed by atoms with van der Waals surface area (Å²) in [5, 5.41) is 4.54. The van der Waals surface area contributed by atoms with Crippen LogP contribution in [0.2, 0.25) is 5.02 Å². The van der Waals surface area contributed by atoms with Crippen molar-refractivity contribution in [1.29, 1.82) is 0 Å². The first-order valence-electron chi connectivity index (χ1n) is 6.90. The highest BCUT2D eigenvalue weighted by Gasteiger charge is 2.27. The topological polar surface area (TPSA) is 12.0 Å². The fourth-order valence-electron chi connectivity index (χ4n) is 2.87. The molecule has 1 nitrogen and oxygen atoms in total. The number of halogens is 2. The Morgan fingerprint density at radius 1 is 1.39 bits per heavy atom. The number of hydrogen-bond acceptors (Lipinski definition) is 1. The highest BCUT2D eigenvalue weighted by molar-refractivity contribution is 9.10. The Bertz CT molecular complexity index is 388. The van der Waals surface area contributed by atoms with Gasteiger partial charge < -0.3 is 5.32 Å². The van der Waals surface area contributed by atoms with E-state index in [0.29, 0.717) is 6.04 Å². The largest absolute Gasteiger partial charge is 0.310 e. The van der Waals surface area contributed by atoms with E-state index in [2.05, 4.69) is 40.3 Å². The minimum absolute atomic E-state index is 0.445. The minimum atomic E-state index is 0.445. The molecule has 0 aliphatic heterocycles. The number of rotatable bonds is 5. The van der Waals surface area contributed by atoms with Gasteiger partial charge >= 0.3 is 0 Å². The van der Waals surface area contributed by atoms with Gasteiger partial charge in [0.1, 0.15) is 0 Å². The van der Waals surface area contributed by atoms with E-state index in [0.717, 1.165) is 17.5 Å². The van der Waals surface area contributed by atoms with Crippen LogP contribution in [0.3, 0.4) is 0 Å². The van der Waals surface area contributed by atoms with Gasteiger partial charge in [0.2, 0.25) is 0 Å². The van der Waals surface area contributed by atoms with E-state index < -0.39 is 0 Å². The van der Waals surface area contributed by atoms with Crippen LogP contribution in [-0.2, 0) is 0 Å². The van der Waals surface area contributed by atoms with Crippen molar-refractivity contribution in [1.82, 2.24) is 5.32 Å². The third kappa shape index (κ3) is 3.49. The smallest absolute Gasteiger partial charge is 0.0410 e. The summed E-state index contributed by atoms with van der Waals surface area (Å²) in [6.45, 7) is 3.28. The van der Waals surface area contributed by atoms with Crippen LogP contribution < -0.4 is 5.32 Å². The minimum Gasteiger partial charge on any atom is -0.310 e. The molecule has 1 aliphatic carbocycles. The Kier molecular flexibility index (Phi) is 5.53. The van der Waals surface area contributed by atoms with E-state index in [1.807, 2.05) is 6.07 Å². The average Bonchev–Trinajstić information content (AvgIpc) is 2.88. The van der Waals surface area contributed by atoms with E-state index in [-0.39, 0.29) is 0 Å². The fourth-order valence-corrected chi connectivity index (χ4v) is 3.55. The summed E-state index contributed by atoms with van der Waals surface area (Å²) in [4.78, 5) is 0. The third-order valence-electron chi connectivity index (χ3n) is 3.78. The second-order valence-electron chi connectivity index (χ2n) is 5.14. The standard InChI is InChI=1S/C15H21BrClN/c1-2-9-18-15(11-5-3-4-6-11)13-10-12(17)7-8-14(13)16/h7-8,10-11,15,18H,2-6,9H2,1H3. The summed E-state index contributed by atoms with van der Waals surface area (Å²) in [6, 6.07) is 6.56. The van der Waals surface area contributed by atoms with Crippen LogP contribution in [0.15, 0.2) is 22.7 Å². The Hall–Kier alpha value is -0.0500. The van der Waals surface area contributed by atoms with Gasteiger partial charge in [-0.3, -0.25) is 0 Å². The quantitative estimate of drug-likeness (QED) is 0.769. The summed E-state index contributed by atoms with van der Waals surface area (Å²) in [5.74, 6) is 0.756. The highest BCUT2D eigenvalue weighted by Crippen LogP contribution is 2.39. The van der Waals surface area contributed by atoms with Crippen LogP contribution in [0.4, 0.5) is 0 Å². The molecule has 1 N–H and O–H groups in total. The SMILES string of the molecule is CCCNC(c1cc(Cl)ccc1Br)C1CCCC1. The van der Waals surface area contributed by atoms with Crippen molar-refractivity contribution in [2.24, 2.45) is 5.92 Å². The van der Waals surface area contributed by atoms with E-state index in [1.165, 1.54) is 42.1 Å². The number of benzene rings is 1. The highest BCUT2D eigenvalue weighted by atomic mass is 79.9. The van der Waals surface area contributed by atoms with E-state index in [4.69, 9.17) is 11.6 Å². The van der Waals surface area contributed by atoms with Gasteiger partial charge in [-0.25, -0.2) is 0 Å². The Morgan fingerprint density at radius 3 is 2.78 bits per heavy atom. The lowest BCUT2D eigenvalue weighted by atomic mass is 9.91. The van der Waals surface area contributed by atoms with Crippen molar-refractivity contribution >= 4 is 27.5 Å². The normalized spacial score (nSPS) is 18.2. The van der Waals surface area contributed by atoms with Crippen molar-refractivity contribution in [2.45, 2.75) is 45.1 Å². The molecule has 0 radical (unpaired) electrons. The van der Waals surface area contributed by atoms with Crippen molar-refractivity contribution in [3.63, 3.8) is 0 Å². The van der Waals surface area contributed by atoms with Crippen molar-refractivity contribution < 1.29 is 0 Å². The summed E-state index contributed by atoms with van der Waals surface area (Å²) >= 11 is 9.82. The molecule has 3 heteroatoms. The maximum atomic E-state index is 6.15. The first-order chi connectivity index (χ1) is 8.72. The van der Waals surface area contributed by atoms with Gasteiger partial charge in [0, 0.05) is 15.5 Å². The Labute approximate surface area is 123 Å². The van der Waals surface area contributed by atoms with Crippen molar-refractivity contribution in [3.05, 3.63) is 33.3 Å². The molecule has 1 saturated carbocycles. The predicted molar refractivity (Wildman–Crippen MR) is 82.1 cm³/mol. The summed E-state index contributed by atoms with van der Waals surface area (Å²) in [6.07, 6.45) is 6.57. The van der Waals surface area contributed by atoms with Crippen LogP contribution in [0.25, 0.3) is 0 Å². The van der Waals surface area contributed by atoms with Crippen LogP contribution >= 0.6 is 27.5 Å². The molecule has 1 aliphatic rings. The molecule has 0 amide bonds. The van der Waals surface area contributed by atoms with Gasteiger partial charge in [-0.15, -0.1) is 0 Å². The van der Waals surface area contributed by atoms with Crippen molar-refractivity contribution in [3.8, 4) is 0 Å². The third-order valence-corrected chi connectivity index (χ3v) is 4.74. The van der Waals surface area contributed by atoms with Crippen LogP contribution in [0.5, 0.6) is 0 Å². The molecular weight excluding hydrogens is 310 g/mol. The number of nitrogens with one attached hydrogen (secondary N) is 1. The molecule has 1 unspecified atom stereocenters. The summed E-state index contributed by atoms with van der Waals surface area (Å²) < 4.78 is 1.17. The molecule has 18 heavy (non-hydrogen) atoms. The summed E-state index contributed by atoms with van der Waals surface area (Å²) in [7, 11) is 0. The van der Waals surface area contributed by atoms with Gasteiger partial charge in [0.25, 0.3) is 0 Å². The molecule has 2 rings (SSSR count). The lowest BCUT2D eigenvalue weighted by Crippen LogP contribution is -2.28. The molecule has 1 fully saturated rings. The zero-order chi connectivity index (χ0) is 13.0. The first-order valence-corrected chi connectivity index (χ1v) is 8.07. The molecule has 0 saturated heterocycles. The van der Waals surface area contributed by atoms with Gasteiger partial charge in [0.05, 0.1) is 0 Å². The molecule has 1 aromatic carbocycles. The summed E-state index contributed by atoms with van der Waals surface area (Å²) in [5.41, 5.74) is 1.32. The van der Waals surface area contributed by atoms with Gasteiger partial charge in [-0.2, -0.15) is 0 Å². The van der Waals surface area contributed by atoms with Crippen LogP contribution in [0.1, 0.15) is 50.6 Å². The molecule has 0 heterocycles. The van der Waals surface area contributed by atoms with E-state index in [1.54, 1.807) is 0 Å². The molecule has 0 spiro atoms. The fraction of sp³-hybridized carbons (Fsp3) is 0.600. The zero-order valence-electron chi connectivity index (χ0n) is 10.9. The number of hydrogen-bond donors (Lipinski definition) is 1. The maximum absolute atomic E-state index is 6.15. The Morgan fingerprint density at radius 2 is 2.11 bits per heavy atom. The van der Waals surface area contributed by atoms with Crippen molar-refractivity contribution in [2.75, 3.05) is 6.54 Å². The molecule has 0 bridgehead atoms. The van der Waals surface area contributed by atoms with E-state index in [9.17, 15) is 0 Å². The molecular formula is C15H21BrClN. The van der Waals surface area contributed by atoms with Crippen LogP contribution in [-0.4, -0.2) is 6.54 Å². The van der Waals surface area contributed by atoms with Gasteiger partial charge in [-0.1, -0.05) is 47.3 Å². The molecule has 0 aromatic heterocycles. The first kappa shape index (κ1) is 14.4. The maximum Gasteiger partial charge on any atom is 0.0410 e. The van der Waals surface area contributed by atoms with E-state index >= 15 is 0 Å². The lowest BCUT2D eigenvalue weighted by molar-refractivity contribution is 0.367. The second-order valence-corrected chi connectivity index (χ2v) is 6.43. The Balaban J connectivity index is 2.23. The monoisotopic (exact) mass is 329 g/mol. The molecule has 1 aromatic rings. The zero-order valence-corrected chi connectivity index (χ0v) is 13.2. The average molecular weight is 331 g/mol. The predicted octanol–water partition coefficient (Wildman–Crippen LogP) is 5.33.